The van der Waals surface area contributed by atoms with E-state index >= 15 is 0 Å². The Bertz CT molecular complexity index is 1040. The van der Waals surface area contributed by atoms with Crippen molar-refractivity contribution in [3.05, 3.63) is 90.0 Å². The second-order valence-corrected chi connectivity index (χ2v) is 7.51. The normalized spacial score (nSPS) is 11.3. The number of sulfonamides is 1. The van der Waals surface area contributed by atoms with Crippen LogP contribution in [0.1, 0.15) is 11.1 Å². The lowest BCUT2D eigenvalue weighted by atomic mass is 10.2. The van der Waals surface area contributed by atoms with E-state index in [9.17, 15) is 8.42 Å². The first-order valence-corrected chi connectivity index (χ1v) is 10.0. The number of hydrogen-bond donors (Lipinski definition) is 1. The van der Waals surface area contributed by atoms with Gasteiger partial charge in [-0.1, -0.05) is 48.5 Å². The summed E-state index contributed by atoms with van der Waals surface area (Å²) in [5.41, 5.74) is 1.71. The Balaban J connectivity index is 1.67. The van der Waals surface area contributed by atoms with Crippen LogP contribution in [-0.2, 0) is 16.6 Å². The van der Waals surface area contributed by atoms with Crippen LogP contribution in [-0.4, -0.2) is 21.7 Å². The maximum atomic E-state index is 12.1. The molecule has 0 amide bonds. The smallest absolute Gasteiger partial charge is 0.276 e. The predicted molar refractivity (Wildman–Crippen MR) is 108 cm³/mol. The third-order valence-electron chi connectivity index (χ3n) is 3.86. The maximum Gasteiger partial charge on any atom is 0.276 e. The van der Waals surface area contributed by atoms with Gasteiger partial charge in [0.15, 0.2) is 11.5 Å². The molecule has 0 heterocycles. The molecule has 0 spiro atoms. The van der Waals surface area contributed by atoms with Gasteiger partial charge >= 0.3 is 0 Å². The predicted octanol–water partition coefficient (Wildman–Crippen LogP) is 3.59. The molecule has 0 saturated carbocycles. The number of hydrazone groups is 1. The minimum Gasteiger partial charge on any atom is -0.493 e. The lowest BCUT2D eigenvalue weighted by Crippen LogP contribution is -2.18. The van der Waals surface area contributed by atoms with Gasteiger partial charge in [-0.2, -0.15) is 13.5 Å². The van der Waals surface area contributed by atoms with E-state index in [0.717, 1.165) is 5.56 Å². The Labute approximate surface area is 164 Å². The molecule has 6 nitrogen and oxygen atoms in total. The van der Waals surface area contributed by atoms with Crippen LogP contribution in [0.25, 0.3) is 0 Å². The molecule has 0 fully saturated rings. The largest absolute Gasteiger partial charge is 0.493 e. The maximum absolute atomic E-state index is 12.1. The van der Waals surface area contributed by atoms with Crippen LogP contribution in [0.3, 0.4) is 0 Å². The minimum atomic E-state index is -3.70. The molecule has 0 unspecified atom stereocenters. The fourth-order valence-electron chi connectivity index (χ4n) is 2.44. The number of nitrogens with one attached hydrogen (secondary N) is 1. The standard InChI is InChI=1S/C21H20N2O4S/c1-26-21-14-18(12-13-20(21)27-16-17-8-4-2-5-9-17)15-22-23-28(24,25)19-10-6-3-7-11-19/h2-15,23H,16H2,1H3. The first-order chi connectivity index (χ1) is 13.6. The van der Waals surface area contributed by atoms with E-state index in [0.29, 0.717) is 23.7 Å². The minimum absolute atomic E-state index is 0.148. The highest BCUT2D eigenvalue weighted by atomic mass is 32.2. The van der Waals surface area contributed by atoms with Gasteiger partial charge in [-0.3, -0.25) is 0 Å². The Morgan fingerprint density at radius 2 is 1.61 bits per heavy atom. The van der Waals surface area contributed by atoms with Crippen molar-refractivity contribution < 1.29 is 17.9 Å². The van der Waals surface area contributed by atoms with Crippen LogP contribution in [0.5, 0.6) is 11.5 Å². The van der Waals surface area contributed by atoms with E-state index in [2.05, 4.69) is 9.93 Å². The first kappa shape index (κ1) is 19.4. The Kier molecular flexibility index (Phi) is 6.29. The molecule has 0 bridgehead atoms. The van der Waals surface area contributed by atoms with Gasteiger partial charge in [-0.15, -0.1) is 0 Å². The van der Waals surface area contributed by atoms with Gasteiger partial charge in [0.25, 0.3) is 10.0 Å². The van der Waals surface area contributed by atoms with Crippen molar-refractivity contribution in [2.45, 2.75) is 11.5 Å². The summed E-state index contributed by atoms with van der Waals surface area (Å²) in [6, 6.07) is 23.1. The van der Waals surface area contributed by atoms with Crippen molar-refractivity contribution >= 4 is 16.2 Å². The Hall–Kier alpha value is -3.32. The molecule has 0 radical (unpaired) electrons. The fourth-order valence-corrected chi connectivity index (χ4v) is 3.25. The molecule has 3 aromatic rings. The number of rotatable bonds is 8. The van der Waals surface area contributed by atoms with Crippen molar-refractivity contribution in [1.82, 2.24) is 4.83 Å². The average Bonchev–Trinajstić information content (AvgIpc) is 2.74. The third kappa shape index (κ3) is 5.11. The highest BCUT2D eigenvalue weighted by Gasteiger charge is 2.11. The summed E-state index contributed by atoms with van der Waals surface area (Å²) in [6.45, 7) is 0.418. The summed E-state index contributed by atoms with van der Waals surface area (Å²) in [6.07, 6.45) is 1.41. The molecule has 3 rings (SSSR count). The van der Waals surface area contributed by atoms with Gasteiger partial charge in [-0.05, 0) is 41.5 Å². The van der Waals surface area contributed by atoms with E-state index in [-0.39, 0.29) is 4.90 Å². The van der Waals surface area contributed by atoms with Crippen LogP contribution < -0.4 is 14.3 Å². The number of hydrogen-bond acceptors (Lipinski definition) is 5. The molecule has 28 heavy (non-hydrogen) atoms. The van der Waals surface area contributed by atoms with Gasteiger partial charge in [0.1, 0.15) is 6.61 Å². The summed E-state index contributed by atoms with van der Waals surface area (Å²) >= 11 is 0. The van der Waals surface area contributed by atoms with Crippen LogP contribution in [0.15, 0.2) is 88.9 Å². The number of nitrogens with zero attached hydrogens (tertiary/aromatic N) is 1. The number of methoxy groups -OCH3 is 1. The van der Waals surface area contributed by atoms with Gasteiger partial charge in [0.05, 0.1) is 18.2 Å². The van der Waals surface area contributed by atoms with Gasteiger partial charge in [0.2, 0.25) is 0 Å². The molecular weight excluding hydrogens is 376 g/mol. The van der Waals surface area contributed by atoms with Crippen molar-refractivity contribution in [2.75, 3.05) is 7.11 Å². The molecule has 0 atom stereocenters. The van der Waals surface area contributed by atoms with E-state index < -0.39 is 10.0 Å². The second kappa shape index (κ2) is 9.05. The summed E-state index contributed by atoms with van der Waals surface area (Å²) < 4.78 is 35.5. The molecule has 3 aromatic carbocycles. The summed E-state index contributed by atoms with van der Waals surface area (Å²) in [5, 5.41) is 3.83. The molecule has 0 aliphatic carbocycles. The van der Waals surface area contributed by atoms with E-state index in [4.69, 9.17) is 9.47 Å². The third-order valence-corrected chi connectivity index (χ3v) is 5.10. The van der Waals surface area contributed by atoms with Gasteiger partial charge in [0, 0.05) is 0 Å². The molecule has 7 heteroatoms. The Morgan fingerprint density at radius 1 is 0.929 bits per heavy atom. The number of benzene rings is 3. The van der Waals surface area contributed by atoms with E-state index in [1.54, 1.807) is 43.5 Å². The number of ether oxygens (including phenoxy) is 2. The zero-order valence-corrected chi connectivity index (χ0v) is 16.1. The molecule has 144 valence electrons. The monoisotopic (exact) mass is 396 g/mol. The molecule has 0 aromatic heterocycles. The van der Waals surface area contributed by atoms with Crippen molar-refractivity contribution in [2.24, 2.45) is 5.10 Å². The summed E-state index contributed by atoms with van der Waals surface area (Å²) in [4.78, 5) is 2.34. The van der Waals surface area contributed by atoms with Crippen molar-refractivity contribution in [1.29, 1.82) is 0 Å². The van der Waals surface area contributed by atoms with E-state index in [1.165, 1.54) is 18.3 Å². The zero-order valence-electron chi connectivity index (χ0n) is 15.3. The second-order valence-electron chi connectivity index (χ2n) is 5.85. The molecule has 0 saturated heterocycles. The SMILES string of the molecule is COc1cc(C=NNS(=O)(=O)c2ccccc2)ccc1OCc1ccccc1. The van der Waals surface area contributed by atoms with Crippen LogP contribution in [0.2, 0.25) is 0 Å². The van der Waals surface area contributed by atoms with Crippen molar-refractivity contribution in [3.63, 3.8) is 0 Å². The highest BCUT2D eigenvalue weighted by molar-refractivity contribution is 7.89. The first-order valence-electron chi connectivity index (χ1n) is 8.53. The quantitative estimate of drug-likeness (QED) is 0.466. The Morgan fingerprint density at radius 3 is 2.29 bits per heavy atom. The highest BCUT2D eigenvalue weighted by Crippen LogP contribution is 2.28. The van der Waals surface area contributed by atoms with Crippen LogP contribution in [0, 0.1) is 0 Å². The van der Waals surface area contributed by atoms with Crippen LogP contribution >= 0.6 is 0 Å². The lowest BCUT2D eigenvalue weighted by Gasteiger charge is -2.11. The zero-order chi connectivity index (χ0) is 19.8. The lowest BCUT2D eigenvalue weighted by molar-refractivity contribution is 0.284. The topological polar surface area (TPSA) is 77.0 Å². The van der Waals surface area contributed by atoms with Gasteiger partial charge < -0.3 is 9.47 Å². The summed E-state index contributed by atoms with van der Waals surface area (Å²) in [7, 11) is -2.15. The summed E-state index contributed by atoms with van der Waals surface area (Å²) in [5.74, 6) is 1.12. The molecule has 0 aliphatic rings. The molecule has 0 aliphatic heterocycles. The van der Waals surface area contributed by atoms with Gasteiger partial charge in [-0.25, -0.2) is 4.83 Å². The van der Waals surface area contributed by atoms with Crippen molar-refractivity contribution in [3.8, 4) is 11.5 Å². The average molecular weight is 396 g/mol. The van der Waals surface area contributed by atoms with Crippen LogP contribution in [0.4, 0.5) is 0 Å². The molecule has 1 N–H and O–H groups in total. The fraction of sp³-hybridized carbons (Fsp3) is 0.0952. The molecular formula is C21H20N2O4S. The van der Waals surface area contributed by atoms with E-state index in [1.807, 2.05) is 30.3 Å².